The lowest BCUT2D eigenvalue weighted by Gasteiger charge is -2.30. The zero-order valence-electron chi connectivity index (χ0n) is 20.8. The molecule has 2 aromatic carbocycles. The van der Waals surface area contributed by atoms with Crippen LogP contribution in [0.5, 0.6) is 5.75 Å². The van der Waals surface area contributed by atoms with E-state index in [1.165, 1.54) is 4.31 Å². The Hall–Kier alpha value is -3.24. The van der Waals surface area contributed by atoms with Crippen LogP contribution in [0.4, 0.5) is 5.69 Å². The maximum atomic E-state index is 13.0. The lowest BCUT2D eigenvalue weighted by Crippen LogP contribution is -2.41. The fourth-order valence-electron chi connectivity index (χ4n) is 4.09. The summed E-state index contributed by atoms with van der Waals surface area (Å²) in [7, 11) is -3.61. The number of anilines is 1. The molecule has 1 aliphatic rings. The summed E-state index contributed by atoms with van der Waals surface area (Å²) in [4.78, 5) is 17.4. The first-order valence-corrected chi connectivity index (χ1v) is 13.7. The second-order valence-electron chi connectivity index (χ2n) is 9.15. The molecular formula is C26H32N4O5S. The smallest absolute Gasteiger partial charge is 0.243 e. The molecule has 0 aliphatic carbocycles. The number of hydrogen-bond acceptors (Lipinski definition) is 7. The lowest BCUT2D eigenvalue weighted by molar-refractivity contribution is -0.120. The molecule has 3 aromatic rings. The van der Waals surface area contributed by atoms with Crippen LogP contribution in [0.15, 0.2) is 57.9 Å². The molecule has 1 N–H and O–H groups in total. The SMILES string of the molecule is CCOc1ccc(S(=O)(=O)N2CCC(C(=O)Nc3ccc(Cc4noc(C(C)C)n4)cc3)CC2)cc1. The molecule has 0 spiro atoms. The summed E-state index contributed by atoms with van der Waals surface area (Å²) in [6.45, 7) is 7.00. The van der Waals surface area contributed by atoms with Crippen LogP contribution in [0.3, 0.4) is 0 Å². The van der Waals surface area contributed by atoms with E-state index in [1.807, 2.05) is 45.0 Å². The van der Waals surface area contributed by atoms with E-state index in [0.717, 1.165) is 5.56 Å². The minimum absolute atomic E-state index is 0.0967. The highest BCUT2D eigenvalue weighted by atomic mass is 32.2. The Balaban J connectivity index is 1.29. The first-order valence-electron chi connectivity index (χ1n) is 12.2. The van der Waals surface area contributed by atoms with Crippen LogP contribution in [-0.4, -0.2) is 48.5 Å². The summed E-state index contributed by atoms with van der Waals surface area (Å²) in [6.07, 6.45) is 1.48. The number of nitrogens with one attached hydrogen (secondary N) is 1. The molecule has 0 radical (unpaired) electrons. The number of nitrogens with zero attached hydrogens (tertiary/aromatic N) is 3. The van der Waals surface area contributed by atoms with Gasteiger partial charge in [0.1, 0.15) is 5.75 Å². The van der Waals surface area contributed by atoms with Crippen LogP contribution in [0.1, 0.15) is 56.8 Å². The Morgan fingerprint density at radius 3 is 2.36 bits per heavy atom. The van der Waals surface area contributed by atoms with Crippen LogP contribution >= 0.6 is 0 Å². The zero-order chi connectivity index (χ0) is 25.7. The fraction of sp³-hybridized carbons (Fsp3) is 0.423. The number of aromatic nitrogens is 2. The molecule has 1 fully saturated rings. The van der Waals surface area contributed by atoms with Gasteiger partial charge in [0.2, 0.25) is 21.8 Å². The normalized spacial score (nSPS) is 15.2. The molecule has 36 heavy (non-hydrogen) atoms. The van der Waals surface area contributed by atoms with Gasteiger partial charge in [-0.05, 0) is 61.7 Å². The number of carbonyl (C=O) groups is 1. The molecule has 1 aliphatic heterocycles. The van der Waals surface area contributed by atoms with Crippen molar-refractivity contribution in [2.24, 2.45) is 5.92 Å². The van der Waals surface area contributed by atoms with E-state index in [-0.39, 0.29) is 22.6 Å². The van der Waals surface area contributed by atoms with E-state index >= 15 is 0 Å². The Morgan fingerprint density at radius 1 is 1.11 bits per heavy atom. The zero-order valence-corrected chi connectivity index (χ0v) is 21.6. The van der Waals surface area contributed by atoms with E-state index in [0.29, 0.717) is 62.1 Å². The Morgan fingerprint density at radius 2 is 1.78 bits per heavy atom. The molecule has 0 saturated carbocycles. The average Bonchev–Trinajstić information content (AvgIpc) is 3.35. The van der Waals surface area contributed by atoms with E-state index < -0.39 is 10.0 Å². The molecule has 2 heterocycles. The van der Waals surface area contributed by atoms with Crippen molar-refractivity contribution in [1.82, 2.24) is 14.4 Å². The Labute approximate surface area is 211 Å². The fourth-order valence-corrected chi connectivity index (χ4v) is 5.56. The van der Waals surface area contributed by atoms with Gasteiger partial charge in [-0.2, -0.15) is 9.29 Å². The van der Waals surface area contributed by atoms with Crippen molar-refractivity contribution in [3.05, 3.63) is 65.8 Å². The second kappa shape index (κ2) is 11.2. The van der Waals surface area contributed by atoms with Gasteiger partial charge in [-0.1, -0.05) is 31.1 Å². The van der Waals surface area contributed by atoms with Crippen molar-refractivity contribution in [3.8, 4) is 5.75 Å². The van der Waals surface area contributed by atoms with Crippen LogP contribution in [-0.2, 0) is 21.2 Å². The van der Waals surface area contributed by atoms with E-state index in [1.54, 1.807) is 24.3 Å². The van der Waals surface area contributed by atoms with Gasteiger partial charge in [-0.25, -0.2) is 8.42 Å². The quantitative estimate of drug-likeness (QED) is 0.456. The highest BCUT2D eigenvalue weighted by molar-refractivity contribution is 7.89. The highest BCUT2D eigenvalue weighted by Gasteiger charge is 2.32. The first kappa shape index (κ1) is 25.8. The Bertz CT molecular complexity index is 1260. The van der Waals surface area contributed by atoms with E-state index in [9.17, 15) is 13.2 Å². The van der Waals surface area contributed by atoms with Crippen LogP contribution < -0.4 is 10.1 Å². The van der Waals surface area contributed by atoms with Gasteiger partial charge in [0.15, 0.2) is 5.82 Å². The molecule has 1 aromatic heterocycles. The largest absolute Gasteiger partial charge is 0.494 e. The number of carbonyl (C=O) groups excluding carboxylic acids is 1. The first-order chi connectivity index (χ1) is 17.3. The number of piperidine rings is 1. The predicted octanol–water partition coefficient (Wildman–Crippen LogP) is 4.22. The van der Waals surface area contributed by atoms with Crippen molar-refractivity contribution in [2.75, 3.05) is 25.0 Å². The molecule has 4 rings (SSSR count). The van der Waals surface area contributed by atoms with Crippen molar-refractivity contribution in [3.63, 3.8) is 0 Å². The molecule has 0 unspecified atom stereocenters. The lowest BCUT2D eigenvalue weighted by atomic mass is 9.97. The summed E-state index contributed by atoms with van der Waals surface area (Å²) in [5.74, 6) is 1.72. The summed E-state index contributed by atoms with van der Waals surface area (Å²) < 4.78 is 38.1. The van der Waals surface area contributed by atoms with Crippen molar-refractivity contribution in [2.45, 2.75) is 50.8 Å². The molecular weight excluding hydrogens is 480 g/mol. The van der Waals surface area contributed by atoms with Gasteiger partial charge in [-0.15, -0.1) is 0 Å². The molecule has 0 atom stereocenters. The summed E-state index contributed by atoms with van der Waals surface area (Å²) in [5, 5.41) is 6.97. The van der Waals surface area contributed by atoms with Gasteiger partial charge >= 0.3 is 0 Å². The minimum atomic E-state index is -3.61. The molecule has 1 saturated heterocycles. The van der Waals surface area contributed by atoms with E-state index in [4.69, 9.17) is 9.26 Å². The van der Waals surface area contributed by atoms with Crippen molar-refractivity contribution < 1.29 is 22.5 Å². The van der Waals surface area contributed by atoms with Crippen molar-refractivity contribution in [1.29, 1.82) is 0 Å². The summed E-state index contributed by atoms with van der Waals surface area (Å²) in [5.41, 5.74) is 1.71. The van der Waals surface area contributed by atoms with Crippen molar-refractivity contribution >= 4 is 21.6 Å². The maximum Gasteiger partial charge on any atom is 0.243 e. The third-order valence-corrected chi connectivity index (χ3v) is 8.07. The molecule has 9 nitrogen and oxygen atoms in total. The monoisotopic (exact) mass is 512 g/mol. The van der Waals surface area contributed by atoms with Gasteiger partial charge in [0, 0.05) is 37.0 Å². The summed E-state index contributed by atoms with van der Waals surface area (Å²) in [6, 6.07) is 14.0. The third kappa shape index (κ3) is 6.11. The summed E-state index contributed by atoms with van der Waals surface area (Å²) >= 11 is 0. The number of amides is 1. The molecule has 1 amide bonds. The second-order valence-corrected chi connectivity index (χ2v) is 11.1. The Kier molecular flexibility index (Phi) is 8.05. The number of sulfonamides is 1. The van der Waals surface area contributed by atoms with Crippen LogP contribution in [0.25, 0.3) is 0 Å². The van der Waals surface area contributed by atoms with Gasteiger partial charge in [0.05, 0.1) is 11.5 Å². The third-order valence-electron chi connectivity index (χ3n) is 6.16. The van der Waals surface area contributed by atoms with Gasteiger partial charge < -0.3 is 14.6 Å². The van der Waals surface area contributed by atoms with Crippen LogP contribution in [0.2, 0.25) is 0 Å². The number of rotatable bonds is 9. The van der Waals surface area contributed by atoms with E-state index in [2.05, 4.69) is 15.5 Å². The topological polar surface area (TPSA) is 115 Å². The van der Waals surface area contributed by atoms with Crippen LogP contribution in [0, 0.1) is 5.92 Å². The number of hydrogen-bond donors (Lipinski definition) is 1. The van der Waals surface area contributed by atoms with Gasteiger partial charge in [0.25, 0.3) is 0 Å². The predicted molar refractivity (Wildman–Crippen MR) is 135 cm³/mol. The number of benzene rings is 2. The molecule has 192 valence electrons. The van der Waals surface area contributed by atoms with Gasteiger partial charge in [-0.3, -0.25) is 4.79 Å². The number of ether oxygens (including phenoxy) is 1. The molecule has 0 bridgehead atoms. The molecule has 10 heteroatoms. The average molecular weight is 513 g/mol. The minimum Gasteiger partial charge on any atom is -0.494 e. The standard InChI is InChI=1S/C26H32N4O5S/c1-4-34-22-9-11-23(12-10-22)36(32,33)30-15-13-20(14-16-30)25(31)27-21-7-5-19(6-8-21)17-24-28-26(18(2)3)35-29-24/h5-12,18,20H,4,13-17H2,1-3H3,(H,27,31). The highest BCUT2D eigenvalue weighted by Crippen LogP contribution is 2.26. The maximum absolute atomic E-state index is 13.0.